The molecular formula is C16H26N2OS. The van der Waals surface area contributed by atoms with Gasteiger partial charge in [0.15, 0.2) is 0 Å². The zero-order chi connectivity index (χ0) is 15.5. The Balaban J connectivity index is 0.000000829. The van der Waals surface area contributed by atoms with Crippen LogP contribution in [0.5, 0.6) is 5.75 Å². The highest BCUT2D eigenvalue weighted by Gasteiger charge is 2.07. The van der Waals surface area contributed by atoms with Gasteiger partial charge in [0.1, 0.15) is 10.8 Å². The van der Waals surface area contributed by atoms with Crippen LogP contribution >= 0.6 is 11.3 Å². The first kappa shape index (κ1) is 18.6. The van der Waals surface area contributed by atoms with Crippen LogP contribution in [0.1, 0.15) is 31.3 Å². The number of nitrogens with zero attached hydrogens (tertiary/aromatic N) is 1. The third-order valence-electron chi connectivity index (χ3n) is 2.56. The number of benzene rings is 1. The number of nitrogens with two attached hydrogens (primary N) is 1. The van der Waals surface area contributed by atoms with Crippen LogP contribution in [0.3, 0.4) is 0 Å². The average molecular weight is 294 g/mol. The summed E-state index contributed by atoms with van der Waals surface area (Å²) in [7, 11) is 3.18. The zero-order valence-electron chi connectivity index (χ0n) is 13.4. The summed E-state index contributed by atoms with van der Waals surface area (Å²) in [6.07, 6.45) is 0.999. The Morgan fingerprint density at radius 1 is 1.15 bits per heavy atom. The van der Waals surface area contributed by atoms with Gasteiger partial charge in [-0.15, -0.1) is 11.3 Å². The molecule has 2 N–H and O–H groups in total. The molecule has 112 valence electrons. The Morgan fingerprint density at radius 2 is 1.70 bits per heavy atom. The van der Waals surface area contributed by atoms with Crippen LogP contribution in [0.4, 0.5) is 0 Å². The van der Waals surface area contributed by atoms with E-state index in [9.17, 15) is 0 Å². The fourth-order valence-electron chi connectivity index (χ4n) is 1.61. The lowest BCUT2D eigenvalue weighted by atomic mass is 10.2. The SMILES string of the molecule is CC.CCc1nc(-c2ccc(OC)cc2)sc1C.CN. The molecule has 0 aliphatic heterocycles. The van der Waals surface area contributed by atoms with Crippen LogP contribution in [-0.2, 0) is 6.42 Å². The minimum Gasteiger partial charge on any atom is -0.497 e. The fraction of sp³-hybridized carbons (Fsp3) is 0.438. The fourth-order valence-corrected chi connectivity index (χ4v) is 2.62. The highest BCUT2D eigenvalue weighted by Crippen LogP contribution is 2.28. The van der Waals surface area contributed by atoms with E-state index >= 15 is 0 Å². The van der Waals surface area contributed by atoms with E-state index in [0.29, 0.717) is 0 Å². The predicted octanol–water partition coefficient (Wildman–Crippen LogP) is 4.29. The summed E-state index contributed by atoms with van der Waals surface area (Å²) in [5.74, 6) is 0.882. The summed E-state index contributed by atoms with van der Waals surface area (Å²) in [5.41, 5.74) is 6.87. The maximum Gasteiger partial charge on any atom is 0.123 e. The molecule has 0 saturated carbocycles. The third-order valence-corrected chi connectivity index (χ3v) is 3.63. The summed E-state index contributed by atoms with van der Waals surface area (Å²) in [5, 5.41) is 1.09. The molecule has 0 radical (unpaired) electrons. The van der Waals surface area contributed by atoms with Gasteiger partial charge in [0.25, 0.3) is 0 Å². The van der Waals surface area contributed by atoms with Gasteiger partial charge < -0.3 is 10.5 Å². The molecule has 0 unspecified atom stereocenters. The number of aryl methyl sites for hydroxylation is 2. The van der Waals surface area contributed by atoms with Crippen LogP contribution in [-0.4, -0.2) is 19.1 Å². The number of hydrogen-bond donors (Lipinski definition) is 1. The topological polar surface area (TPSA) is 48.1 Å². The second-order valence-electron chi connectivity index (χ2n) is 3.60. The molecule has 0 fully saturated rings. The molecule has 0 spiro atoms. The Bertz CT molecular complexity index is 478. The molecule has 0 amide bonds. The molecule has 0 saturated heterocycles. The number of rotatable bonds is 3. The minimum absolute atomic E-state index is 0.882. The summed E-state index contributed by atoms with van der Waals surface area (Å²) in [4.78, 5) is 5.94. The normalized spacial score (nSPS) is 8.95. The predicted molar refractivity (Wildman–Crippen MR) is 89.7 cm³/mol. The van der Waals surface area contributed by atoms with Gasteiger partial charge >= 0.3 is 0 Å². The highest BCUT2D eigenvalue weighted by molar-refractivity contribution is 7.15. The average Bonchev–Trinajstić information content (AvgIpc) is 2.92. The van der Waals surface area contributed by atoms with Gasteiger partial charge in [-0.05, 0) is 44.7 Å². The smallest absolute Gasteiger partial charge is 0.123 e. The molecule has 1 heterocycles. The van der Waals surface area contributed by atoms with E-state index in [4.69, 9.17) is 4.74 Å². The summed E-state index contributed by atoms with van der Waals surface area (Å²) >= 11 is 1.75. The van der Waals surface area contributed by atoms with Crippen molar-refractivity contribution in [2.45, 2.75) is 34.1 Å². The van der Waals surface area contributed by atoms with Gasteiger partial charge in [0.05, 0.1) is 12.8 Å². The molecule has 2 aromatic rings. The largest absolute Gasteiger partial charge is 0.497 e. The quantitative estimate of drug-likeness (QED) is 0.918. The molecule has 0 aliphatic carbocycles. The van der Waals surface area contributed by atoms with E-state index in [0.717, 1.165) is 22.7 Å². The van der Waals surface area contributed by atoms with Crippen LogP contribution in [0.25, 0.3) is 10.6 Å². The van der Waals surface area contributed by atoms with Crippen molar-refractivity contribution in [1.29, 1.82) is 0 Å². The number of methoxy groups -OCH3 is 1. The van der Waals surface area contributed by atoms with E-state index in [-0.39, 0.29) is 0 Å². The van der Waals surface area contributed by atoms with Crippen LogP contribution in [0.15, 0.2) is 24.3 Å². The van der Waals surface area contributed by atoms with Crippen molar-refractivity contribution >= 4 is 11.3 Å². The van der Waals surface area contributed by atoms with E-state index in [2.05, 4.69) is 36.7 Å². The Kier molecular flexibility index (Phi) is 9.68. The number of ether oxygens (including phenoxy) is 1. The number of thiazole rings is 1. The first-order valence-corrected chi connectivity index (χ1v) is 7.74. The molecule has 1 aromatic carbocycles. The summed E-state index contributed by atoms with van der Waals surface area (Å²) in [6, 6.07) is 8.04. The molecule has 0 aliphatic rings. The molecule has 1 aromatic heterocycles. The van der Waals surface area contributed by atoms with Gasteiger partial charge in [0, 0.05) is 10.4 Å². The van der Waals surface area contributed by atoms with Crippen molar-refractivity contribution in [1.82, 2.24) is 4.98 Å². The van der Waals surface area contributed by atoms with Gasteiger partial charge in [-0.2, -0.15) is 0 Å². The Hall–Kier alpha value is -1.39. The first-order chi connectivity index (χ1) is 9.74. The minimum atomic E-state index is 0.882. The van der Waals surface area contributed by atoms with Gasteiger partial charge in [-0.3, -0.25) is 0 Å². The zero-order valence-corrected chi connectivity index (χ0v) is 14.2. The van der Waals surface area contributed by atoms with Crippen molar-refractivity contribution in [2.75, 3.05) is 14.2 Å². The maximum atomic E-state index is 5.14. The molecule has 0 atom stereocenters. The van der Waals surface area contributed by atoms with Crippen molar-refractivity contribution in [3.05, 3.63) is 34.8 Å². The molecule has 4 heteroatoms. The Labute approximate surface area is 126 Å². The van der Waals surface area contributed by atoms with E-state index in [1.54, 1.807) is 18.4 Å². The lowest BCUT2D eigenvalue weighted by Gasteiger charge is -2.00. The maximum absolute atomic E-state index is 5.14. The third kappa shape index (κ3) is 4.94. The van der Waals surface area contributed by atoms with Crippen molar-refractivity contribution in [2.24, 2.45) is 5.73 Å². The second kappa shape index (κ2) is 10.4. The first-order valence-electron chi connectivity index (χ1n) is 6.93. The standard InChI is InChI=1S/C13H15NOS.C2H6.CH5N/c1-4-12-9(2)16-13(14-12)10-5-7-11(15-3)8-6-10;2*1-2/h5-8H,4H2,1-3H3;1-2H3;2H2,1H3. The molecular weight excluding hydrogens is 268 g/mol. The Morgan fingerprint density at radius 3 is 2.10 bits per heavy atom. The number of aromatic nitrogens is 1. The molecule has 0 bridgehead atoms. The lowest BCUT2D eigenvalue weighted by Crippen LogP contribution is -1.84. The van der Waals surface area contributed by atoms with E-state index in [1.807, 2.05) is 26.0 Å². The second-order valence-corrected chi connectivity index (χ2v) is 4.81. The monoisotopic (exact) mass is 294 g/mol. The number of hydrogen-bond acceptors (Lipinski definition) is 4. The van der Waals surface area contributed by atoms with Crippen molar-refractivity contribution in [3.63, 3.8) is 0 Å². The molecule has 2 rings (SSSR count). The van der Waals surface area contributed by atoms with Crippen molar-refractivity contribution in [3.8, 4) is 16.3 Å². The van der Waals surface area contributed by atoms with Gasteiger partial charge in [-0.1, -0.05) is 20.8 Å². The van der Waals surface area contributed by atoms with Crippen LogP contribution < -0.4 is 10.5 Å². The summed E-state index contributed by atoms with van der Waals surface area (Å²) < 4.78 is 5.14. The van der Waals surface area contributed by atoms with Gasteiger partial charge in [0.2, 0.25) is 0 Å². The van der Waals surface area contributed by atoms with E-state index in [1.165, 1.54) is 17.6 Å². The van der Waals surface area contributed by atoms with Gasteiger partial charge in [-0.25, -0.2) is 4.98 Å². The van der Waals surface area contributed by atoms with Crippen molar-refractivity contribution < 1.29 is 4.74 Å². The van der Waals surface area contributed by atoms with Crippen LogP contribution in [0.2, 0.25) is 0 Å². The molecule has 20 heavy (non-hydrogen) atoms. The van der Waals surface area contributed by atoms with E-state index < -0.39 is 0 Å². The highest BCUT2D eigenvalue weighted by atomic mass is 32.1. The lowest BCUT2D eigenvalue weighted by molar-refractivity contribution is 0.415. The summed E-state index contributed by atoms with van der Waals surface area (Å²) in [6.45, 7) is 8.27. The molecule has 3 nitrogen and oxygen atoms in total. The van der Waals surface area contributed by atoms with Crippen LogP contribution in [0, 0.1) is 6.92 Å².